The average molecular weight is 325 g/mol. The predicted octanol–water partition coefficient (Wildman–Crippen LogP) is 4.58. The number of hydrogen-bond acceptors (Lipinski definition) is 3. The van der Waals surface area contributed by atoms with Gasteiger partial charge in [-0.3, -0.25) is 4.79 Å². The lowest BCUT2D eigenvalue weighted by molar-refractivity contribution is -0.183. The number of halogens is 3. The molecule has 0 radical (unpaired) electrons. The van der Waals surface area contributed by atoms with Gasteiger partial charge >= 0.3 is 12.1 Å². The minimum absolute atomic E-state index is 0.113. The van der Waals surface area contributed by atoms with Gasteiger partial charge in [-0.05, 0) is 27.2 Å². The second-order valence-electron chi connectivity index (χ2n) is 6.76. The van der Waals surface area contributed by atoms with Gasteiger partial charge in [-0.1, -0.05) is 45.4 Å². The van der Waals surface area contributed by atoms with Crippen molar-refractivity contribution in [2.75, 3.05) is 0 Å². The summed E-state index contributed by atoms with van der Waals surface area (Å²) in [4.78, 5) is 12.0. The number of nitrogens with two attached hydrogens (primary N) is 1. The third kappa shape index (κ3) is 9.28. The van der Waals surface area contributed by atoms with Crippen LogP contribution in [0.4, 0.5) is 13.2 Å². The number of hydrogen-bond donors (Lipinski definition) is 1. The summed E-state index contributed by atoms with van der Waals surface area (Å²) in [7, 11) is 0. The summed E-state index contributed by atoms with van der Waals surface area (Å²) in [6.45, 7) is 6.99. The van der Waals surface area contributed by atoms with Crippen LogP contribution in [-0.4, -0.2) is 23.8 Å². The molecule has 0 amide bonds. The van der Waals surface area contributed by atoms with Crippen LogP contribution >= 0.6 is 0 Å². The molecular weight excluding hydrogens is 295 g/mol. The quantitative estimate of drug-likeness (QED) is 0.498. The highest BCUT2D eigenvalue weighted by molar-refractivity contribution is 5.73. The summed E-state index contributed by atoms with van der Waals surface area (Å²) in [5.74, 6) is -2.18. The Morgan fingerprint density at radius 3 is 2.00 bits per heavy atom. The van der Waals surface area contributed by atoms with Crippen molar-refractivity contribution in [1.82, 2.24) is 0 Å². The van der Waals surface area contributed by atoms with E-state index >= 15 is 0 Å². The zero-order chi connectivity index (χ0) is 17.4. The zero-order valence-corrected chi connectivity index (χ0v) is 14.1. The van der Waals surface area contributed by atoms with Gasteiger partial charge in [0.1, 0.15) is 11.6 Å². The first kappa shape index (κ1) is 21.2. The average Bonchev–Trinajstić information content (AvgIpc) is 2.34. The second-order valence-corrected chi connectivity index (χ2v) is 6.76. The highest BCUT2D eigenvalue weighted by Gasteiger charge is 2.45. The summed E-state index contributed by atoms with van der Waals surface area (Å²) in [6, 6.07) is -2.17. The zero-order valence-electron chi connectivity index (χ0n) is 14.1. The third-order valence-corrected chi connectivity index (χ3v) is 3.39. The van der Waals surface area contributed by atoms with Crippen molar-refractivity contribution in [3.63, 3.8) is 0 Å². The Hall–Kier alpha value is -0.780. The fourth-order valence-corrected chi connectivity index (χ4v) is 2.19. The number of carbonyl (C=O) groups excluding carboxylic acids is 1. The molecule has 0 aromatic carbocycles. The molecule has 0 aliphatic carbocycles. The van der Waals surface area contributed by atoms with Crippen molar-refractivity contribution in [3.8, 4) is 0 Å². The van der Waals surface area contributed by atoms with Gasteiger partial charge in [0.25, 0.3) is 0 Å². The van der Waals surface area contributed by atoms with E-state index in [4.69, 9.17) is 10.5 Å². The van der Waals surface area contributed by atoms with Crippen molar-refractivity contribution >= 4 is 5.97 Å². The van der Waals surface area contributed by atoms with E-state index in [1.165, 1.54) is 0 Å². The lowest BCUT2D eigenvalue weighted by Gasteiger charge is -2.28. The highest BCUT2D eigenvalue weighted by atomic mass is 19.4. The van der Waals surface area contributed by atoms with Crippen LogP contribution in [0.1, 0.15) is 72.6 Å². The van der Waals surface area contributed by atoms with Crippen molar-refractivity contribution in [2.45, 2.75) is 90.5 Å². The Morgan fingerprint density at radius 2 is 1.55 bits per heavy atom. The molecule has 2 atom stereocenters. The van der Waals surface area contributed by atoms with E-state index in [9.17, 15) is 18.0 Å². The van der Waals surface area contributed by atoms with Gasteiger partial charge in [0.15, 0.2) is 0 Å². The number of rotatable bonds is 9. The van der Waals surface area contributed by atoms with E-state index < -0.39 is 29.7 Å². The molecule has 0 saturated carbocycles. The second kappa shape index (κ2) is 9.38. The number of esters is 1. The molecule has 0 saturated heterocycles. The van der Waals surface area contributed by atoms with Crippen LogP contribution in [0.5, 0.6) is 0 Å². The van der Waals surface area contributed by atoms with Crippen molar-refractivity contribution in [2.24, 2.45) is 11.7 Å². The fraction of sp³-hybridized carbons (Fsp3) is 0.938. The monoisotopic (exact) mass is 325 g/mol. The Labute approximate surface area is 131 Å². The number of ether oxygens (including phenoxy) is 1. The Balaban J connectivity index is 4.57. The van der Waals surface area contributed by atoms with Crippen LogP contribution in [0.15, 0.2) is 0 Å². The largest absolute Gasteiger partial charge is 0.460 e. The van der Waals surface area contributed by atoms with Crippen LogP contribution in [0.2, 0.25) is 0 Å². The Kier molecular flexibility index (Phi) is 9.05. The minimum Gasteiger partial charge on any atom is -0.460 e. The van der Waals surface area contributed by atoms with Crippen LogP contribution in [0, 0.1) is 5.92 Å². The smallest absolute Gasteiger partial charge is 0.404 e. The molecular formula is C16H30F3NO2. The van der Waals surface area contributed by atoms with E-state index in [0.29, 0.717) is 6.42 Å². The summed E-state index contributed by atoms with van der Waals surface area (Å²) in [5.41, 5.74) is 4.43. The van der Waals surface area contributed by atoms with Gasteiger partial charge in [-0.2, -0.15) is 13.2 Å². The molecule has 0 aliphatic rings. The van der Waals surface area contributed by atoms with Crippen molar-refractivity contribution < 1.29 is 22.7 Å². The SMILES string of the molecule is CCCCCCCC[C@H](C(=O)OC(C)(C)C)[C@H](N)C(F)(F)F. The standard InChI is InChI=1S/C16H30F3NO2/c1-5-6-7-8-9-10-11-12(13(20)16(17,18)19)14(21)22-15(2,3)4/h12-13H,5-11,20H2,1-4H3/t12-,13-/m0/s1. The summed E-state index contributed by atoms with van der Waals surface area (Å²) in [5, 5.41) is 0. The van der Waals surface area contributed by atoms with Gasteiger partial charge in [0.2, 0.25) is 0 Å². The third-order valence-electron chi connectivity index (χ3n) is 3.39. The van der Waals surface area contributed by atoms with Crippen LogP contribution in [-0.2, 0) is 9.53 Å². The molecule has 0 aromatic heterocycles. The van der Waals surface area contributed by atoms with Gasteiger partial charge in [0, 0.05) is 0 Å². The van der Waals surface area contributed by atoms with Gasteiger partial charge in [-0.15, -0.1) is 0 Å². The molecule has 0 bridgehead atoms. The number of carbonyl (C=O) groups is 1. The molecule has 2 N–H and O–H groups in total. The molecule has 22 heavy (non-hydrogen) atoms. The maximum absolute atomic E-state index is 12.8. The summed E-state index contributed by atoms with van der Waals surface area (Å²) >= 11 is 0. The van der Waals surface area contributed by atoms with E-state index in [2.05, 4.69) is 6.92 Å². The maximum Gasteiger partial charge on any atom is 0.404 e. The topological polar surface area (TPSA) is 52.3 Å². The first-order valence-electron chi connectivity index (χ1n) is 8.04. The van der Waals surface area contributed by atoms with E-state index in [1.807, 2.05) is 0 Å². The van der Waals surface area contributed by atoms with Crippen LogP contribution in [0.25, 0.3) is 0 Å². The molecule has 0 heterocycles. The first-order valence-corrected chi connectivity index (χ1v) is 8.04. The molecule has 0 spiro atoms. The molecule has 6 heteroatoms. The number of alkyl halides is 3. The lowest BCUT2D eigenvalue weighted by atomic mass is 9.92. The van der Waals surface area contributed by atoms with Gasteiger partial charge < -0.3 is 10.5 Å². The molecule has 0 aromatic rings. The lowest BCUT2D eigenvalue weighted by Crippen LogP contribution is -2.48. The first-order chi connectivity index (χ1) is 9.99. The Bertz CT molecular complexity index is 324. The van der Waals surface area contributed by atoms with Crippen LogP contribution < -0.4 is 5.73 Å². The van der Waals surface area contributed by atoms with Gasteiger partial charge in [0.05, 0.1) is 5.92 Å². The van der Waals surface area contributed by atoms with Crippen molar-refractivity contribution in [1.29, 1.82) is 0 Å². The van der Waals surface area contributed by atoms with Gasteiger partial charge in [-0.25, -0.2) is 0 Å². The normalized spacial score (nSPS) is 15.5. The maximum atomic E-state index is 12.8. The summed E-state index contributed by atoms with van der Waals surface area (Å²) in [6.07, 6.45) is 1.15. The molecule has 132 valence electrons. The molecule has 0 aliphatic heterocycles. The minimum atomic E-state index is -4.59. The van der Waals surface area contributed by atoms with E-state index in [0.717, 1.165) is 32.1 Å². The molecule has 0 unspecified atom stereocenters. The van der Waals surface area contributed by atoms with E-state index in [-0.39, 0.29) is 6.42 Å². The predicted molar refractivity (Wildman–Crippen MR) is 81.4 cm³/mol. The molecule has 3 nitrogen and oxygen atoms in total. The molecule has 0 rings (SSSR count). The van der Waals surface area contributed by atoms with Crippen molar-refractivity contribution in [3.05, 3.63) is 0 Å². The van der Waals surface area contributed by atoms with E-state index in [1.54, 1.807) is 20.8 Å². The molecule has 0 fully saturated rings. The fourth-order valence-electron chi connectivity index (χ4n) is 2.19. The number of unbranched alkanes of at least 4 members (excludes halogenated alkanes) is 5. The Morgan fingerprint density at radius 1 is 1.05 bits per heavy atom. The highest BCUT2D eigenvalue weighted by Crippen LogP contribution is 2.29. The summed E-state index contributed by atoms with van der Waals surface area (Å²) < 4.78 is 43.6. The van der Waals surface area contributed by atoms with Crippen LogP contribution in [0.3, 0.4) is 0 Å².